The predicted octanol–water partition coefficient (Wildman–Crippen LogP) is 4.45. The monoisotopic (exact) mass is 220 g/mol. The minimum atomic E-state index is 0.889. The Hall–Kier alpha value is 0. The zero-order valence-electron chi connectivity index (χ0n) is 11.6. The molecule has 0 aromatic carbocycles. The molecular weight excluding hydrogens is 192 g/mol. The van der Waals surface area contributed by atoms with Crippen molar-refractivity contribution in [2.75, 3.05) is 0 Å². The highest BCUT2D eigenvalue weighted by molar-refractivity contribution is 5.14. The number of fused-ring (bicyclic) bond motifs is 1. The van der Waals surface area contributed by atoms with E-state index in [9.17, 15) is 0 Å². The quantitative estimate of drug-likeness (QED) is 0.659. The Morgan fingerprint density at radius 1 is 0.812 bits per heavy atom. The summed E-state index contributed by atoms with van der Waals surface area (Å²) in [7, 11) is 0. The third-order valence-electron chi connectivity index (χ3n) is 6.49. The highest BCUT2D eigenvalue weighted by atomic mass is 14.7. The summed E-state index contributed by atoms with van der Waals surface area (Å²) in [5.41, 5.74) is 0. The first-order valence-corrected chi connectivity index (χ1v) is 7.52. The SMILES string of the molecule is CC(C)C(C)C1C2CC2C1C1C(C)CC1C. The van der Waals surface area contributed by atoms with E-state index in [1.807, 2.05) is 0 Å². The summed E-state index contributed by atoms with van der Waals surface area (Å²) in [4.78, 5) is 0. The van der Waals surface area contributed by atoms with E-state index in [0.717, 1.165) is 47.3 Å². The number of rotatable bonds is 3. The van der Waals surface area contributed by atoms with Gasteiger partial charge in [-0.2, -0.15) is 0 Å². The lowest BCUT2D eigenvalue weighted by atomic mass is 9.50. The van der Waals surface area contributed by atoms with E-state index in [4.69, 9.17) is 0 Å². The van der Waals surface area contributed by atoms with Crippen molar-refractivity contribution in [2.45, 2.75) is 47.5 Å². The average molecular weight is 220 g/mol. The van der Waals surface area contributed by atoms with Crippen LogP contribution in [0, 0.1) is 53.3 Å². The Labute approximate surface area is 101 Å². The van der Waals surface area contributed by atoms with Crippen molar-refractivity contribution in [1.82, 2.24) is 0 Å². The lowest BCUT2D eigenvalue weighted by molar-refractivity contribution is -0.0676. The molecule has 3 rings (SSSR count). The molecule has 7 atom stereocenters. The van der Waals surface area contributed by atoms with Crippen molar-refractivity contribution < 1.29 is 0 Å². The fourth-order valence-corrected chi connectivity index (χ4v) is 5.30. The zero-order valence-corrected chi connectivity index (χ0v) is 11.6. The first-order valence-electron chi connectivity index (χ1n) is 7.52. The average Bonchev–Trinajstić information content (AvgIpc) is 2.89. The van der Waals surface area contributed by atoms with Gasteiger partial charge in [-0.25, -0.2) is 0 Å². The van der Waals surface area contributed by atoms with Gasteiger partial charge >= 0.3 is 0 Å². The van der Waals surface area contributed by atoms with Crippen LogP contribution in [0.1, 0.15) is 47.5 Å². The third-order valence-corrected chi connectivity index (χ3v) is 6.49. The third kappa shape index (κ3) is 1.34. The van der Waals surface area contributed by atoms with Gasteiger partial charge in [0.2, 0.25) is 0 Å². The lowest BCUT2D eigenvalue weighted by Crippen LogP contribution is -2.49. The van der Waals surface area contributed by atoms with Crippen LogP contribution in [0.4, 0.5) is 0 Å². The van der Waals surface area contributed by atoms with Crippen molar-refractivity contribution in [1.29, 1.82) is 0 Å². The summed E-state index contributed by atoms with van der Waals surface area (Å²) in [5.74, 6) is 9.56. The van der Waals surface area contributed by atoms with Gasteiger partial charge in [-0.15, -0.1) is 0 Å². The Kier molecular flexibility index (Phi) is 2.43. The molecule has 3 aliphatic carbocycles. The molecule has 0 saturated heterocycles. The lowest BCUT2D eigenvalue weighted by Gasteiger charge is -2.55. The maximum absolute atomic E-state index is 2.52. The Bertz CT molecular complexity index is 272. The Morgan fingerprint density at radius 3 is 1.94 bits per heavy atom. The summed E-state index contributed by atoms with van der Waals surface area (Å²) < 4.78 is 0. The van der Waals surface area contributed by atoms with Crippen LogP contribution in [-0.4, -0.2) is 0 Å². The fraction of sp³-hybridized carbons (Fsp3) is 1.00. The van der Waals surface area contributed by atoms with Crippen molar-refractivity contribution in [3.05, 3.63) is 0 Å². The zero-order chi connectivity index (χ0) is 11.6. The molecule has 3 saturated carbocycles. The first-order chi connectivity index (χ1) is 7.52. The highest BCUT2D eigenvalue weighted by Gasteiger charge is 2.66. The maximum atomic E-state index is 2.52. The van der Waals surface area contributed by atoms with Gasteiger partial charge in [-0.3, -0.25) is 0 Å². The second kappa shape index (κ2) is 3.50. The van der Waals surface area contributed by atoms with Crippen molar-refractivity contribution in [3.63, 3.8) is 0 Å². The highest BCUT2D eigenvalue weighted by Crippen LogP contribution is 2.72. The normalized spacial score (nSPS) is 56.2. The smallest absolute Gasteiger partial charge is 0.0316 e. The molecule has 0 amide bonds. The van der Waals surface area contributed by atoms with E-state index in [2.05, 4.69) is 34.6 Å². The predicted molar refractivity (Wildman–Crippen MR) is 69.0 cm³/mol. The summed E-state index contributed by atoms with van der Waals surface area (Å²) in [6.07, 6.45) is 3.09. The van der Waals surface area contributed by atoms with Gasteiger partial charge in [-0.1, -0.05) is 34.6 Å². The van der Waals surface area contributed by atoms with Crippen LogP contribution in [0.3, 0.4) is 0 Å². The van der Waals surface area contributed by atoms with E-state index in [0.29, 0.717) is 0 Å². The molecule has 0 heteroatoms. The molecule has 0 spiro atoms. The van der Waals surface area contributed by atoms with Gasteiger partial charge < -0.3 is 0 Å². The van der Waals surface area contributed by atoms with E-state index in [1.54, 1.807) is 6.42 Å². The molecule has 0 aromatic heterocycles. The fourth-order valence-electron chi connectivity index (χ4n) is 5.30. The minimum absolute atomic E-state index is 0.889. The summed E-state index contributed by atoms with van der Waals surface area (Å²) in [6.45, 7) is 12.4. The van der Waals surface area contributed by atoms with Gasteiger partial charge in [0.15, 0.2) is 0 Å². The van der Waals surface area contributed by atoms with Crippen molar-refractivity contribution >= 4 is 0 Å². The molecule has 92 valence electrons. The van der Waals surface area contributed by atoms with Gasteiger partial charge in [-0.05, 0) is 66.1 Å². The second-order valence-electron chi connectivity index (χ2n) is 7.59. The van der Waals surface area contributed by atoms with E-state index in [1.165, 1.54) is 12.3 Å². The molecule has 0 bridgehead atoms. The van der Waals surface area contributed by atoms with Gasteiger partial charge in [0.25, 0.3) is 0 Å². The van der Waals surface area contributed by atoms with Crippen LogP contribution < -0.4 is 0 Å². The van der Waals surface area contributed by atoms with Gasteiger partial charge in [0, 0.05) is 0 Å². The summed E-state index contributed by atoms with van der Waals surface area (Å²) >= 11 is 0. The molecule has 7 unspecified atom stereocenters. The Morgan fingerprint density at radius 2 is 1.44 bits per heavy atom. The number of hydrogen-bond donors (Lipinski definition) is 0. The van der Waals surface area contributed by atoms with Crippen LogP contribution in [0.25, 0.3) is 0 Å². The topological polar surface area (TPSA) is 0 Å². The van der Waals surface area contributed by atoms with Gasteiger partial charge in [0.05, 0.1) is 0 Å². The standard InChI is InChI=1S/C16H28/c1-8(2)11(5)15-12-7-13(12)16(15)14-9(3)6-10(14)4/h8-16H,6-7H2,1-5H3. The molecule has 16 heavy (non-hydrogen) atoms. The van der Waals surface area contributed by atoms with Gasteiger partial charge in [0.1, 0.15) is 0 Å². The molecule has 0 aliphatic heterocycles. The number of hydrogen-bond acceptors (Lipinski definition) is 0. The van der Waals surface area contributed by atoms with Crippen molar-refractivity contribution in [2.24, 2.45) is 53.3 Å². The molecule has 0 radical (unpaired) electrons. The maximum Gasteiger partial charge on any atom is -0.0316 e. The largest absolute Gasteiger partial charge is 0.0625 e. The Balaban J connectivity index is 1.71. The van der Waals surface area contributed by atoms with E-state index in [-0.39, 0.29) is 0 Å². The van der Waals surface area contributed by atoms with Crippen LogP contribution in [0.5, 0.6) is 0 Å². The molecule has 0 nitrogen and oxygen atoms in total. The van der Waals surface area contributed by atoms with E-state index >= 15 is 0 Å². The van der Waals surface area contributed by atoms with Crippen LogP contribution in [-0.2, 0) is 0 Å². The molecule has 0 N–H and O–H groups in total. The molecule has 0 aromatic rings. The molecule has 3 fully saturated rings. The summed E-state index contributed by atoms with van der Waals surface area (Å²) in [6, 6.07) is 0. The van der Waals surface area contributed by atoms with Crippen LogP contribution in [0.15, 0.2) is 0 Å². The molecule has 0 heterocycles. The van der Waals surface area contributed by atoms with E-state index < -0.39 is 0 Å². The minimum Gasteiger partial charge on any atom is -0.0625 e. The first kappa shape index (κ1) is 11.1. The van der Waals surface area contributed by atoms with Crippen LogP contribution in [0.2, 0.25) is 0 Å². The molecular formula is C16H28. The van der Waals surface area contributed by atoms with Crippen molar-refractivity contribution in [3.8, 4) is 0 Å². The second-order valence-corrected chi connectivity index (χ2v) is 7.59. The summed E-state index contributed by atoms with van der Waals surface area (Å²) in [5, 5.41) is 0. The molecule has 3 aliphatic rings. The van der Waals surface area contributed by atoms with Crippen LogP contribution >= 0.6 is 0 Å².